The number of carbonyl (C=O) groups excluding carboxylic acids is 2. The minimum Gasteiger partial charge on any atom is -0.493 e. The van der Waals surface area contributed by atoms with Gasteiger partial charge in [-0.15, -0.1) is 0 Å². The maximum absolute atomic E-state index is 12.5. The third-order valence-corrected chi connectivity index (χ3v) is 5.43. The molecule has 1 N–H and O–H groups in total. The lowest BCUT2D eigenvalue weighted by molar-refractivity contribution is -0.139. The molecule has 26 heavy (non-hydrogen) atoms. The normalized spacial score (nSPS) is 16.9. The third-order valence-electron chi connectivity index (χ3n) is 3.74. The minimum atomic E-state index is -1.09. The number of hydrogen-bond acceptors (Lipinski definition) is 6. The summed E-state index contributed by atoms with van der Waals surface area (Å²) in [5, 5.41) is 8.48. The minimum absolute atomic E-state index is 0.158. The average molecular weight is 491 g/mol. The molecule has 2 rings (SSSR count). The molecule has 9 heteroatoms. The van der Waals surface area contributed by atoms with Gasteiger partial charge < -0.3 is 14.6 Å². The van der Waals surface area contributed by atoms with Gasteiger partial charge in [-0.3, -0.25) is 14.5 Å². The number of nitrogens with zero attached hydrogens (tertiary/aromatic N) is 1. The van der Waals surface area contributed by atoms with Crippen molar-refractivity contribution in [3.8, 4) is 11.5 Å². The molecule has 1 fully saturated rings. The van der Waals surface area contributed by atoms with Crippen molar-refractivity contribution in [3.05, 3.63) is 26.2 Å². The van der Waals surface area contributed by atoms with Crippen molar-refractivity contribution in [1.82, 2.24) is 4.90 Å². The molecule has 1 aromatic carbocycles. The molecular weight excluding hydrogens is 473 g/mol. The van der Waals surface area contributed by atoms with E-state index in [2.05, 4.69) is 0 Å². The van der Waals surface area contributed by atoms with E-state index in [1.165, 1.54) is 12.0 Å². The second-order valence-electron chi connectivity index (χ2n) is 5.53. The van der Waals surface area contributed by atoms with Crippen molar-refractivity contribution in [2.24, 2.45) is 0 Å². The highest BCUT2D eigenvalue weighted by atomic mass is 127. The van der Waals surface area contributed by atoms with Crippen LogP contribution in [0, 0.1) is 3.57 Å². The Morgan fingerprint density at radius 2 is 2.12 bits per heavy atom. The molecule has 0 aromatic heterocycles. The molecule has 0 bridgehead atoms. The summed E-state index contributed by atoms with van der Waals surface area (Å²) in [6, 6.07) is 3.21. The predicted molar refractivity (Wildman–Crippen MR) is 106 cm³/mol. The molecule has 1 atom stereocenters. The zero-order valence-corrected chi connectivity index (χ0v) is 17.4. The van der Waals surface area contributed by atoms with E-state index >= 15 is 0 Å². The summed E-state index contributed by atoms with van der Waals surface area (Å²) < 4.78 is 11.2. The van der Waals surface area contributed by atoms with Gasteiger partial charge in [-0.1, -0.05) is 6.92 Å². The Bertz CT molecular complexity index is 779. The summed E-state index contributed by atoms with van der Waals surface area (Å²) in [6.45, 7) is 3.26. The molecule has 0 unspecified atom stereocenters. The molecule has 7 nitrogen and oxygen atoms in total. The van der Waals surface area contributed by atoms with Gasteiger partial charge in [0.15, 0.2) is 18.1 Å². The van der Waals surface area contributed by atoms with Crippen LogP contribution in [-0.4, -0.2) is 46.9 Å². The first-order valence-corrected chi connectivity index (χ1v) is 9.67. The molecule has 0 aliphatic carbocycles. The van der Waals surface area contributed by atoms with Gasteiger partial charge in [0.25, 0.3) is 11.1 Å². The lowest BCUT2D eigenvalue weighted by Gasteiger charge is -2.19. The summed E-state index contributed by atoms with van der Waals surface area (Å²) in [5.74, 6) is -0.730. The third kappa shape index (κ3) is 4.50. The Hall–Kier alpha value is -1.75. The Morgan fingerprint density at radius 3 is 2.69 bits per heavy atom. The van der Waals surface area contributed by atoms with Gasteiger partial charge in [-0.25, -0.2) is 4.79 Å². The number of carbonyl (C=O) groups is 3. The summed E-state index contributed by atoms with van der Waals surface area (Å²) in [5.41, 5.74) is 0.656. The number of hydrogen-bond donors (Lipinski definition) is 1. The van der Waals surface area contributed by atoms with Crippen molar-refractivity contribution < 1.29 is 29.0 Å². The summed E-state index contributed by atoms with van der Waals surface area (Å²) in [7, 11) is 1.44. The molecule has 1 aromatic rings. The fourth-order valence-corrected chi connectivity index (χ4v) is 4.00. The fourth-order valence-electron chi connectivity index (χ4n) is 2.29. The van der Waals surface area contributed by atoms with Crippen molar-refractivity contribution in [2.45, 2.75) is 26.3 Å². The summed E-state index contributed by atoms with van der Waals surface area (Å²) in [6.07, 6.45) is 2.31. The van der Waals surface area contributed by atoms with Crippen LogP contribution in [0.25, 0.3) is 6.08 Å². The number of benzene rings is 1. The Labute approximate surface area is 168 Å². The maximum atomic E-state index is 12.5. The molecule has 0 saturated carbocycles. The monoisotopic (exact) mass is 491 g/mol. The molecule has 1 heterocycles. The number of halogens is 1. The highest BCUT2D eigenvalue weighted by Crippen LogP contribution is 2.38. The van der Waals surface area contributed by atoms with E-state index in [0.717, 1.165) is 11.8 Å². The van der Waals surface area contributed by atoms with Gasteiger partial charge in [-0.05, 0) is 71.5 Å². The van der Waals surface area contributed by atoms with Crippen molar-refractivity contribution in [1.29, 1.82) is 0 Å². The van der Waals surface area contributed by atoms with E-state index < -0.39 is 12.6 Å². The van der Waals surface area contributed by atoms with Gasteiger partial charge in [0.2, 0.25) is 0 Å². The van der Waals surface area contributed by atoms with Crippen LogP contribution < -0.4 is 9.47 Å². The van der Waals surface area contributed by atoms with Gasteiger partial charge in [0.1, 0.15) is 0 Å². The average Bonchev–Trinajstić information content (AvgIpc) is 2.86. The molecule has 1 aliphatic heterocycles. The molecule has 0 radical (unpaired) electrons. The van der Waals surface area contributed by atoms with E-state index in [0.29, 0.717) is 32.0 Å². The number of imide groups is 1. The Balaban J connectivity index is 2.33. The lowest BCUT2D eigenvalue weighted by Crippen LogP contribution is -2.36. The van der Waals surface area contributed by atoms with E-state index in [1.54, 1.807) is 18.2 Å². The van der Waals surface area contributed by atoms with Crippen LogP contribution >= 0.6 is 34.4 Å². The van der Waals surface area contributed by atoms with Crippen molar-refractivity contribution in [3.63, 3.8) is 0 Å². The fraction of sp³-hybridized carbons (Fsp3) is 0.353. The van der Waals surface area contributed by atoms with Crippen LogP contribution in [0.15, 0.2) is 17.0 Å². The number of rotatable bonds is 7. The van der Waals surface area contributed by atoms with Crippen molar-refractivity contribution >= 4 is 57.5 Å². The van der Waals surface area contributed by atoms with Gasteiger partial charge in [-0.2, -0.15) is 0 Å². The Kier molecular flexibility index (Phi) is 6.93. The van der Waals surface area contributed by atoms with Crippen LogP contribution in [-0.2, 0) is 9.59 Å². The second kappa shape index (κ2) is 8.76. The van der Waals surface area contributed by atoms with Gasteiger partial charge in [0, 0.05) is 6.04 Å². The largest absolute Gasteiger partial charge is 0.493 e. The molecule has 1 saturated heterocycles. The SMILES string of the molecule is CC[C@H](C)N1C(=O)S/C(=C/c2cc(I)c(OCC(=O)O)c(OC)c2)C1=O. The first-order valence-electron chi connectivity index (χ1n) is 7.77. The predicted octanol–water partition coefficient (Wildman–Crippen LogP) is 3.60. The van der Waals surface area contributed by atoms with E-state index in [9.17, 15) is 14.4 Å². The molecule has 2 amide bonds. The Morgan fingerprint density at radius 1 is 1.42 bits per heavy atom. The van der Waals surface area contributed by atoms with Crippen LogP contribution in [0.2, 0.25) is 0 Å². The topological polar surface area (TPSA) is 93.1 Å². The number of methoxy groups -OCH3 is 1. The van der Waals surface area contributed by atoms with Gasteiger partial charge in [0.05, 0.1) is 15.6 Å². The quantitative estimate of drug-likeness (QED) is 0.460. The lowest BCUT2D eigenvalue weighted by atomic mass is 10.1. The zero-order chi connectivity index (χ0) is 19.4. The van der Waals surface area contributed by atoms with Crippen LogP contribution in [0.5, 0.6) is 11.5 Å². The number of aliphatic carboxylic acids is 1. The number of carboxylic acid groups (broad SMARTS) is 1. The van der Waals surface area contributed by atoms with E-state index in [-0.39, 0.29) is 17.2 Å². The summed E-state index contributed by atoms with van der Waals surface area (Å²) in [4.78, 5) is 36.9. The summed E-state index contributed by atoms with van der Waals surface area (Å²) >= 11 is 2.91. The van der Waals surface area contributed by atoms with Crippen LogP contribution in [0.1, 0.15) is 25.8 Å². The first-order chi connectivity index (χ1) is 12.3. The standard InChI is InChI=1S/C17H18INO6S/c1-4-9(2)19-16(22)13(26-17(19)23)7-10-5-11(18)15(12(6-10)24-3)25-8-14(20)21/h5-7,9H,4,8H2,1-3H3,(H,20,21)/b13-7+/t9-/m0/s1. The molecule has 1 aliphatic rings. The second-order valence-corrected chi connectivity index (χ2v) is 7.68. The number of carboxylic acids is 1. The smallest absolute Gasteiger partial charge is 0.341 e. The highest BCUT2D eigenvalue weighted by molar-refractivity contribution is 14.1. The van der Waals surface area contributed by atoms with Crippen molar-refractivity contribution in [2.75, 3.05) is 13.7 Å². The molecular formula is C17H18INO6S. The number of thioether (sulfide) groups is 1. The zero-order valence-electron chi connectivity index (χ0n) is 14.4. The highest BCUT2D eigenvalue weighted by Gasteiger charge is 2.37. The first kappa shape index (κ1) is 20.6. The van der Waals surface area contributed by atoms with E-state index in [4.69, 9.17) is 14.6 Å². The maximum Gasteiger partial charge on any atom is 0.341 e. The van der Waals surface area contributed by atoms with Gasteiger partial charge >= 0.3 is 5.97 Å². The van der Waals surface area contributed by atoms with Crippen LogP contribution in [0.3, 0.4) is 0 Å². The number of amides is 2. The number of ether oxygens (including phenoxy) is 2. The molecule has 0 spiro atoms. The molecule has 140 valence electrons. The van der Waals surface area contributed by atoms with E-state index in [1.807, 2.05) is 36.4 Å². The van der Waals surface area contributed by atoms with Crippen LogP contribution in [0.4, 0.5) is 4.79 Å².